The fourth-order valence-electron chi connectivity index (χ4n) is 5.45. The van der Waals surface area contributed by atoms with E-state index in [-0.39, 0.29) is 22.3 Å². The summed E-state index contributed by atoms with van der Waals surface area (Å²) >= 11 is 0. The molecule has 35 heavy (non-hydrogen) atoms. The van der Waals surface area contributed by atoms with Crippen molar-refractivity contribution in [3.8, 4) is 0 Å². The van der Waals surface area contributed by atoms with Gasteiger partial charge in [0.25, 0.3) is 0 Å². The van der Waals surface area contributed by atoms with E-state index in [0.29, 0.717) is 5.41 Å². The number of hydrogen-bond acceptors (Lipinski definition) is 0. The van der Waals surface area contributed by atoms with Crippen molar-refractivity contribution in [1.29, 1.82) is 0 Å². The Morgan fingerprint density at radius 1 is 0.514 bits per heavy atom. The summed E-state index contributed by atoms with van der Waals surface area (Å²) in [4.78, 5) is 0. The molecule has 0 saturated carbocycles. The first-order valence-electron chi connectivity index (χ1n) is 13.9. The highest BCUT2D eigenvalue weighted by Gasteiger charge is 2.20. The Kier molecular flexibility index (Phi) is 20.4. The minimum Gasteiger partial charge on any atom is -0.0776 e. The summed E-state index contributed by atoms with van der Waals surface area (Å²) in [5.74, 6) is 2.67. The maximum atomic E-state index is 2.50. The molecule has 0 amide bonds. The van der Waals surface area contributed by atoms with Crippen LogP contribution in [-0.2, 0) is 6.42 Å². The van der Waals surface area contributed by atoms with E-state index in [0.717, 1.165) is 17.8 Å². The van der Waals surface area contributed by atoms with Gasteiger partial charge in [0.1, 0.15) is 0 Å². The molecule has 0 saturated heterocycles. The Morgan fingerprint density at radius 2 is 0.886 bits per heavy atom. The third-order valence-corrected chi connectivity index (χ3v) is 8.63. The molecule has 0 aromatic heterocycles. The van der Waals surface area contributed by atoms with Crippen molar-refractivity contribution in [1.82, 2.24) is 0 Å². The van der Waals surface area contributed by atoms with Crippen LogP contribution in [0.15, 0.2) is 0 Å². The fourth-order valence-corrected chi connectivity index (χ4v) is 5.45. The molecule has 0 nitrogen and oxygen atoms in total. The van der Waals surface area contributed by atoms with Crippen LogP contribution in [0.4, 0.5) is 0 Å². The average molecular weight is 491 g/mol. The van der Waals surface area contributed by atoms with Crippen LogP contribution in [0.1, 0.15) is 161 Å². The highest BCUT2D eigenvalue weighted by Crippen LogP contribution is 2.34. The molecule has 0 spiro atoms. The van der Waals surface area contributed by atoms with Gasteiger partial charge < -0.3 is 0 Å². The Labute approximate surface area is 225 Å². The molecule has 0 heteroatoms. The molecule has 0 bridgehead atoms. The Hall–Kier alpha value is -0.780. The Morgan fingerprint density at radius 3 is 1.31 bits per heavy atom. The van der Waals surface area contributed by atoms with E-state index in [1.807, 2.05) is 0 Å². The van der Waals surface area contributed by atoms with Gasteiger partial charge in [-0.2, -0.15) is 0 Å². The van der Waals surface area contributed by atoms with Gasteiger partial charge in [-0.1, -0.05) is 115 Å². The van der Waals surface area contributed by atoms with Gasteiger partial charge in [0.05, 0.1) is 0 Å². The molecular weight excluding hydrogens is 420 g/mol. The van der Waals surface area contributed by atoms with E-state index in [2.05, 4.69) is 76.2 Å². The number of benzene rings is 1. The molecule has 0 N–H and O–H groups in total. The topological polar surface area (TPSA) is 0 Å². The van der Waals surface area contributed by atoms with Crippen molar-refractivity contribution in [2.75, 3.05) is 0 Å². The second kappa shape index (κ2) is 18.5. The van der Waals surface area contributed by atoms with Gasteiger partial charge in [-0.25, -0.2) is 0 Å². The molecule has 210 valence electrons. The van der Waals surface area contributed by atoms with Crippen molar-refractivity contribution in [3.63, 3.8) is 0 Å². The molecule has 0 aliphatic carbocycles. The van der Waals surface area contributed by atoms with Crippen LogP contribution in [0.5, 0.6) is 0 Å². The van der Waals surface area contributed by atoms with Crippen LogP contribution in [-0.4, -0.2) is 0 Å². The van der Waals surface area contributed by atoms with Crippen LogP contribution in [0.3, 0.4) is 0 Å². The molecule has 2 atom stereocenters. The van der Waals surface area contributed by atoms with E-state index >= 15 is 0 Å². The van der Waals surface area contributed by atoms with Crippen molar-refractivity contribution < 1.29 is 0 Å². The molecule has 1 aromatic rings. The lowest BCUT2D eigenvalue weighted by molar-refractivity contribution is 0.282. The van der Waals surface area contributed by atoms with Crippen molar-refractivity contribution >= 4 is 0 Å². The minimum absolute atomic E-state index is 0. The third kappa shape index (κ3) is 13.9. The summed E-state index contributed by atoms with van der Waals surface area (Å²) in [5, 5.41) is 0. The monoisotopic (exact) mass is 491 g/mol. The van der Waals surface area contributed by atoms with Gasteiger partial charge in [-0.3, -0.25) is 0 Å². The zero-order chi connectivity index (χ0) is 24.5. The second-order valence-electron chi connectivity index (χ2n) is 12.6. The summed E-state index contributed by atoms with van der Waals surface area (Å²) < 4.78 is 0. The van der Waals surface area contributed by atoms with Gasteiger partial charge in [-0.15, -0.1) is 0 Å². The molecule has 0 radical (unpaired) electrons. The fraction of sp³-hybridized carbons (Fsp3) is 0.829. The molecule has 0 aliphatic rings. The van der Waals surface area contributed by atoms with E-state index in [4.69, 9.17) is 0 Å². The van der Waals surface area contributed by atoms with Gasteiger partial charge in [0, 0.05) is 0 Å². The summed E-state index contributed by atoms with van der Waals surface area (Å²) in [5.41, 5.74) is 9.63. The lowest BCUT2D eigenvalue weighted by Gasteiger charge is -2.27. The summed E-state index contributed by atoms with van der Waals surface area (Å²) in [6.07, 6.45) is 15.2. The lowest BCUT2D eigenvalue weighted by atomic mass is 9.78. The zero-order valence-corrected chi connectivity index (χ0v) is 24.0. The molecule has 1 rings (SSSR count). The summed E-state index contributed by atoms with van der Waals surface area (Å²) in [6, 6.07) is 0. The van der Waals surface area contributed by atoms with Gasteiger partial charge in [0.15, 0.2) is 0 Å². The average Bonchev–Trinajstić information content (AvgIpc) is 2.70. The molecule has 0 fully saturated rings. The maximum absolute atomic E-state index is 2.50. The minimum atomic E-state index is 0. The van der Waals surface area contributed by atoms with Crippen LogP contribution in [0.2, 0.25) is 0 Å². The quantitative estimate of drug-likeness (QED) is 0.229. The largest absolute Gasteiger partial charge is 0.0776 e. The van der Waals surface area contributed by atoms with Gasteiger partial charge in [0.2, 0.25) is 0 Å². The number of hydrogen-bond donors (Lipinski definition) is 0. The van der Waals surface area contributed by atoms with Crippen LogP contribution >= 0.6 is 0 Å². The predicted octanol–water partition coefficient (Wildman–Crippen LogP) is 12.5. The molecular formula is C35H70. The van der Waals surface area contributed by atoms with E-state index < -0.39 is 0 Å². The molecule has 0 unspecified atom stereocenters. The standard InChI is InChI=1S/C32H58.3CH4/c1-23(2)15-12-16-24(3)17-13-18-25(4)19-14-21-32(10,11)22-20-31-29(8)27(6)26(5)28(7)30(31)9;;;/h23-25H,12-22H2,1-11H3;3*1H4/t24-,25-;;;/m1.../s1. The molecule has 0 heterocycles. The highest BCUT2D eigenvalue weighted by molar-refractivity contribution is 5.49. The molecule has 0 aliphatic heterocycles. The Bertz CT molecular complexity index is 647. The van der Waals surface area contributed by atoms with Gasteiger partial charge in [-0.05, 0) is 110 Å². The van der Waals surface area contributed by atoms with Crippen molar-refractivity contribution in [2.45, 2.75) is 169 Å². The first kappa shape index (κ1) is 38.7. The number of rotatable bonds is 15. The smallest absolute Gasteiger partial charge is 0.0268 e. The lowest BCUT2D eigenvalue weighted by Crippen LogP contribution is -2.14. The second-order valence-corrected chi connectivity index (χ2v) is 12.6. The maximum Gasteiger partial charge on any atom is -0.0268 e. The highest BCUT2D eigenvalue weighted by atomic mass is 14.3. The van der Waals surface area contributed by atoms with E-state index in [1.54, 1.807) is 5.56 Å². The van der Waals surface area contributed by atoms with Crippen molar-refractivity contribution in [2.24, 2.45) is 23.2 Å². The summed E-state index contributed by atoms with van der Waals surface area (Å²) in [7, 11) is 0. The van der Waals surface area contributed by atoms with Crippen LogP contribution in [0, 0.1) is 57.8 Å². The zero-order valence-electron chi connectivity index (χ0n) is 24.0. The Balaban J connectivity index is -0.00000341. The first-order chi connectivity index (χ1) is 14.9. The van der Waals surface area contributed by atoms with Crippen molar-refractivity contribution in [3.05, 3.63) is 33.4 Å². The van der Waals surface area contributed by atoms with Crippen LogP contribution < -0.4 is 0 Å². The third-order valence-electron chi connectivity index (χ3n) is 8.63. The SMILES string of the molecule is C.C.C.Cc1c(C)c(C)c(CCC(C)(C)CCC[C@H](C)CCC[C@H](C)CCCC(C)C)c(C)c1C. The predicted molar refractivity (Wildman–Crippen MR) is 167 cm³/mol. The van der Waals surface area contributed by atoms with E-state index in [9.17, 15) is 0 Å². The summed E-state index contributed by atoms with van der Waals surface area (Å²) in [6.45, 7) is 26.2. The van der Waals surface area contributed by atoms with E-state index in [1.165, 1.54) is 98.4 Å². The van der Waals surface area contributed by atoms with Gasteiger partial charge >= 0.3 is 0 Å². The first-order valence-corrected chi connectivity index (χ1v) is 13.9. The molecule has 1 aromatic carbocycles. The normalized spacial score (nSPS) is 13.0. The van der Waals surface area contributed by atoms with Crippen LogP contribution in [0.25, 0.3) is 0 Å².